The minimum absolute atomic E-state index is 0.545. The fourth-order valence-electron chi connectivity index (χ4n) is 3.48. The molecule has 0 saturated heterocycles. The Hall–Kier alpha value is -2.52. The van der Waals surface area contributed by atoms with Gasteiger partial charge in [-0.15, -0.1) is 0 Å². The van der Waals surface area contributed by atoms with Crippen molar-refractivity contribution in [2.24, 2.45) is 0 Å². The summed E-state index contributed by atoms with van der Waals surface area (Å²) in [5, 5.41) is 3.51. The van der Waals surface area contributed by atoms with Gasteiger partial charge in [-0.25, -0.2) is 4.39 Å². The average Bonchev–Trinajstić information content (AvgIpc) is 2.67. The van der Waals surface area contributed by atoms with Crippen LogP contribution in [-0.2, 0) is 17.6 Å². The highest BCUT2D eigenvalue weighted by molar-refractivity contribution is 5.41. The van der Waals surface area contributed by atoms with Gasteiger partial charge in [-0.3, -0.25) is 4.98 Å². The van der Waals surface area contributed by atoms with Gasteiger partial charge < -0.3 is 5.32 Å². The van der Waals surface area contributed by atoms with E-state index in [2.05, 4.69) is 35.6 Å². The van der Waals surface area contributed by atoms with Crippen molar-refractivity contribution in [1.29, 1.82) is 0 Å². The van der Waals surface area contributed by atoms with Gasteiger partial charge in [0.1, 0.15) is 5.67 Å². The van der Waals surface area contributed by atoms with E-state index in [0.717, 1.165) is 23.2 Å². The first-order valence-electron chi connectivity index (χ1n) is 9.31. The number of hydrogen-bond donors (Lipinski definition) is 1. The van der Waals surface area contributed by atoms with E-state index in [-0.39, 0.29) is 0 Å². The number of nitrogens with one attached hydrogen (secondary N) is 1. The number of likely N-dealkylation sites (N-methyl/N-ethyl adjacent to an activating group) is 1. The molecular formula is C24H27FN2. The molecule has 3 heteroatoms. The fourth-order valence-corrected chi connectivity index (χ4v) is 3.48. The van der Waals surface area contributed by atoms with E-state index in [1.165, 1.54) is 5.56 Å². The molecule has 0 fully saturated rings. The number of rotatable bonds is 6. The molecule has 140 valence electrons. The summed E-state index contributed by atoms with van der Waals surface area (Å²) in [6.45, 7) is 5.21. The number of hydrogen-bond acceptors (Lipinski definition) is 2. The smallest absolute Gasteiger partial charge is 0.130 e. The topological polar surface area (TPSA) is 24.9 Å². The fraction of sp³-hybridized carbons (Fsp3) is 0.292. The molecule has 1 heterocycles. The van der Waals surface area contributed by atoms with Crippen molar-refractivity contribution in [1.82, 2.24) is 10.3 Å². The van der Waals surface area contributed by atoms with Gasteiger partial charge in [-0.1, -0.05) is 60.7 Å². The van der Waals surface area contributed by atoms with Crippen LogP contribution in [0.5, 0.6) is 0 Å². The molecule has 0 spiro atoms. The molecule has 0 saturated carbocycles. The van der Waals surface area contributed by atoms with Gasteiger partial charge in [0.05, 0.1) is 11.2 Å². The highest BCUT2D eigenvalue weighted by atomic mass is 19.1. The second kappa shape index (κ2) is 7.61. The van der Waals surface area contributed by atoms with Crippen LogP contribution in [0.1, 0.15) is 41.8 Å². The summed E-state index contributed by atoms with van der Waals surface area (Å²) in [5.74, 6) is 0. The van der Waals surface area contributed by atoms with Gasteiger partial charge in [0, 0.05) is 12.6 Å². The maximum Gasteiger partial charge on any atom is 0.130 e. The molecule has 0 aliphatic carbocycles. The molecule has 27 heavy (non-hydrogen) atoms. The van der Waals surface area contributed by atoms with Crippen molar-refractivity contribution in [3.05, 3.63) is 101 Å². The Morgan fingerprint density at radius 2 is 1.63 bits per heavy atom. The zero-order valence-corrected chi connectivity index (χ0v) is 16.5. The maximum absolute atomic E-state index is 14.6. The summed E-state index contributed by atoms with van der Waals surface area (Å²) in [4.78, 5) is 4.73. The molecule has 1 aromatic heterocycles. The first-order valence-corrected chi connectivity index (χ1v) is 9.31. The predicted octanol–water partition coefficient (Wildman–Crippen LogP) is 5.30. The lowest BCUT2D eigenvalue weighted by atomic mass is 9.79. The van der Waals surface area contributed by atoms with Crippen LogP contribution in [0.25, 0.3) is 0 Å². The largest absolute Gasteiger partial charge is 0.305 e. The van der Waals surface area contributed by atoms with Crippen LogP contribution >= 0.6 is 0 Å². The van der Waals surface area contributed by atoms with Crippen molar-refractivity contribution in [3.8, 4) is 0 Å². The van der Waals surface area contributed by atoms with Crippen molar-refractivity contribution < 1.29 is 4.39 Å². The molecule has 1 unspecified atom stereocenters. The van der Waals surface area contributed by atoms with E-state index in [0.29, 0.717) is 5.56 Å². The maximum atomic E-state index is 14.6. The molecule has 1 atom stereocenters. The van der Waals surface area contributed by atoms with Gasteiger partial charge in [0.15, 0.2) is 0 Å². The van der Waals surface area contributed by atoms with Crippen LogP contribution in [0, 0.1) is 6.92 Å². The van der Waals surface area contributed by atoms with Crippen molar-refractivity contribution in [3.63, 3.8) is 0 Å². The molecule has 0 amide bonds. The molecule has 0 aliphatic rings. The second-order valence-corrected chi connectivity index (χ2v) is 7.59. The van der Waals surface area contributed by atoms with Crippen LogP contribution in [-0.4, -0.2) is 12.0 Å². The van der Waals surface area contributed by atoms with E-state index in [9.17, 15) is 4.39 Å². The number of halogens is 1. The van der Waals surface area contributed by atoms with E-state index in [1.807, 2.05) is 56.6 Å². The number of aromatic nitrogens is 1. The van der Waals surface area contributed by atoms with Crippen LogP contribution in [0.4, 0.5) is 4.39 Å². The third kappa shape index (κ3) is 4.09. The predicted molar refractivity (Wildman–Crippen MR) is 110 cm³/mol. The molecule has 2 aromatic carbocycles. The summed E-state index contributed by atoms with van der Waals surface area (Å²) in [6, 6.07) is 22.2. The highest BCUT2D eigenvalue weighted by Crippen LogP contribution is 2.35. The molecule has 0 bridgehead atoms. The number of aryl methyl sites for hydroxylation is 1. The second-order valence-electron chi connectivity index (χ2n) is 7.59. The van der Waals surface area contributed by atoms with Crippen LogP contribution in [0.2, 0.25) is 0 Å². The van der Waals surface area contributed by atoms with Gasteiger partial charge >= 0.3 is 0 Å². The van der Waals surface area contributed by atoms with Crippen LogP contribution < -0.4 is 5.32 Å². The van der Waals surface area contributed by atoms with E-state index in [1.54, 1.807) is 13.8 Å². The molecule has 0 radical (unpaired) electrons. The zero-order valence-electron chi connectivity index (χ0n) is 16.5. The lowest BCUT2D eigenvalue weighted by Gasteiger charge is -2.35. The van der Waals surface area contributed by atoms with Crippen molar-refractivity contribution in [2.75, 3.05) is 7.05 Å². The van der Waals surface area contributed by atoms with E-state index in [4.69, 9.17) is 4.98 Å². The third-order valence-corrected chi connectivity index (χ3v) is 5.13. The summed E-state index contributed by atoms with van der Waals surface area (Å²) in [5.41, 5.74) is 2.96. The zero-order chi connectivity index (χ0) is 19.5. The summed E-state index contributed by atoms with van der Waals surface area (Å²) < 4.78 is 14.6. The Balaban J connectivity index is 2.19. The number of alkyl halides is 1. The molecule has 3 aromatic rings. The third-order valence-electron chi connectivity index (χ3n) is 5.13. The first-order chi connectivity index (χ1) is 12.8. The first kappa shape index (κ1) is 19.2. The minimum Gasteiger partial charge on any atom is -0.305 e. The highest BCUT2D eigenvalue weighted by Gasteiger charge is 2.35. The molecule has 3 rings (SSSR count). The summed E-state index contributed by atoms with van der Waals surface area (Å²) in [7, 11) is 1.94. The summed E-state index contributed by atoms with van der Waals surface area (Å²) in [6.07, 6.45) is 2.60. The summed E-state index contributed by atoms with van der Waals surface area (Å²) >= 11 is 0. The van der Waals surface area contributed by atoms with Gasteiger partial charge in [0.25, 0.3) is 0 Å². The molecule has 0 aliphatic heterocycles. The Bertz CT molecular complexity index is 882. The Kier molecular flexibility index (Phi) is 5.43. The quantitative estimate of drug-likeness (QED) is 0.643. The minimum atomic E-state index is -1.40. The average molecular weight is 362 g/mol. The SMILES string of the molecule is CNC(Cc1ccccc1)(c1cccc(C(C)(C)F)c1)c1ccc(C)cn1. The van der Waals surface area contributed by atoms with Crippen molar-refractivity contribution in [2.45, 2.75) is 38.4 Å². The standard InChI is InChI=1S/C24H27FN2/c1-18-13-14-22(27-17-18)24(26-4,16-19-9-6-5-7-10-19)21-12-8-11-20(15-21)23(2,3)25/h5-15,17,26H,16H2,1-4H3. The van der Waals surface area contributed by atoms with Gasteiger partial charge in [0.2, 0.25) is 0 Å². The van der Waals surface area contributed by atoms with Gasteiger partial charge in [-0.05, 0) is 56.1 Å². The van der Waals surface area contributed by atoms with E-state index < -0.39 is 11.2 Å². The lowest BCUT2D eigenvalue weighted by molar-refractivity contribution is 0.221. The van der Waals surface area contributed by atoms with Gasteiger partial charge in [-0.2, -0.15) is 0 Å². The lowest BCUT2D eigenvalue weighted by Crippen LogP contribution is -2.44. The Morgan fingerprint density at radius 3 is 2.22 bits per heavy atom. The number of benzene rings is 2. The number of pyridine rings is 1. The molecule has 2 nitrogen and oxygen atoms in total. The van der Waals surface area contributed by atoms with Crippen LogP contribution in [0.15, 0.2) is 72.9 Å². The normalized spacial score (nSPS) is 14.0. The monoisotopic (exact) mass is 362 g/mol. The Labute approximate surface area is 161 Å². The van der Waals surface area contributed by atoms with E-state index >= 15 is 0 Å². The van der Waals surface area contributed by atoms with Crippen molar-refractivity contribution >= 4 is 0 Å². The Morgan fingerprint density at radius 1 is 0.926 bits per heavy atom. The molecular weight excluding hydrogens is 335 g/mol. The van der Waals surface area contributed by atoms with Crippen LogP contribution in [0.3, 0.4) is 0 Å². The number of nitrogens with zero attached hydrogens (tertiary/aromatic N) is 1. The molecule has 1 N–H and O–H groups in total.